The van der Waals surface area contributed by atoms with Crippen molar-refractivity contribution in [3.8, 4) is 0 Å². The first-order chi connectivity index (χ1) is 13.1. The predicted molar refractivity (Wildman–Crippen MR) is 101 cm³/mol. The lowest BCUT2D eigenvalue weighted by Gasteiger charge is -2.19. The second-order valence-corrected chi connectivity index (χ2v) is 7.17. The van der Waals surface area contributed by atoms with E-state index in [4.69, 9.17) is 9.84 Å². The summed E-state index contributed by atoms with van der Waals surface area (Å²) in [6, 6.07) is 6.11. The Morgan fingerprint density at radius 3 is 2.54 bits per heavy atom. The van der Waals surface area contributed by atoms with Crippen molar-refractivity contribution in [2.45, 2.75) is 38.8 Å². The first kappa shape index (κ1) is 20.9. The van der Waals surface area contributed by atoms with Crippen LogP contribution in [0.15, 0.2) is 30.5 Å². The summed E-state index contributed by atoms with van der Waals surface area (Å²) in [5, 5.41) is 14.0. The first-order valence-electron chi connectivity index (χ1n) is 8.64. The number of carbonyl (C=O) groups excluding carboxylic acids is 3. The number of carboxylic acids is 1. The Morgan fingerprint density at radius 2 is 1.93 bits per heavy atom. The molecule has 0 spiro atoms. The number of benzene rings is 1. The Kier molecular flexibility index (Phi) is 6.40. The van der Waals surface area contributed by atoms with Crippen LogP contribution in [0.4, 0.5) is 4.79 Å². The van der Waals surface area contributed by atoms with Gasteiger partial charge in [0.15, 0.2) is 0 Å². The minimum absolute atomic E-state index is 0.0699. The van der Waals surface area contributed by atoms with Gasteiger partial charge in [-0.3, -0.25) is 19.0 Å². The highest BCUT2D eigenvalue weighted by molar-refractivity contribution is 5.93. The van der Waals surface area contributed by atoms with Gasteiger partial charge in [-0.1, -0.05) is 18.2 Å². The minimum Gasteiger partial charge on any atom is -0.480 e. The van der Waals surface area contributed by atoms with E-state index in [0.29, 0.717) is 17.5 Å². The van der Waals surface area contributed by atoms with Gasteiger partial charge in [0.2, 0.25) is 12.3 Å². The minimum atomic E-state index is -1.19. The lowest BCUT2D eigenvalue weighted by molar-refractivity contribution is -0.138. The van der Waals surface area contributed by atoms with Crippen LogP contribution in [0.3, 0.4) is 0 Å². The van der Waals surface area contributed by atoms with Crippen molar-refractivity contribution in [1.82, 2.24) is 15.2 Å². The molecule has 2 rings (SSSR count). The lowest BCUT2D eigenvalue weighted by atomic mass is 10.0. The molecule has 1 aromatic heterocycles. The molecule has 2 amide bonds. The number of hydrogen-bond acceptors (Lipinski definition) is 5. The Hall–Kier alpha value is -3.36. The number of para-hydroxylation sites is 1. The van der Waals surface area contributed by atoms with Gasteiger partial charge < -0.3 is 20.5 Å². The summed E-state index contributed by atoms with van der Waals surface area (Å²) >= 11 is 0. The number of aromatic nitrogens is 1. The summed E-state index contributed by atoms with van der Waals surface area (Å²) < 4.78 is 6.77. The van der Waals surface area contributed by atoms with Crippen molar-refractivity contribution in [2.75, 3.05) is 6.54 Å². The van der Waals surface area contributed by atoms with Crippen molar-refractivity contribution in [2.24, 2.45) is 0 Å². The molecule has 1 unspecified atom stereocenters. The van der Waals surface area contributed by atoms with E-state index >= 15 is 0 Å². The number of nitrogens with zero attached hydrogens (tertiary/aromatic N) is 1. The second kappa shape index (κ2) is 8.55. The molecule has 0 fully saturated rings. The quantitative estimate of drug-likeness (QED) is 0.612. The zero-order valence-corrected chi connectivity index (χ0v) is 15.9. The monoisotopic (exact) mass is 389 g/mol. The number of amides is 2. The topological polar surface area (TPSA) is 127 Å². The van der Waals surface area contributed by atoms with E-state index < -0.39 is 36.2 Å². The number of carboxylic acid groups (broad SMARTS) is 1. The fourth-order valence-electron chi connectivity index (χ4n) is 2.69. The maximum absolute atomic E-state index is 12.5. The molecule has 0 radical (unpaired) electrons. The van der Waals surface area contributed by atoms with Crippen LogP contribution in [0, 0.1) is 0 Å². The molecule has 9 nitrogen and oxygen atoms in total. The van der Waals surface area contributed by atoms with Gasteiger partial charge in [0.25, 0.3) is 0 Å². The van der Waals surface area contributed by atoms with Gasteiger partial charge in [-0.15, -0.1) is 0 Å². The molecule has 1 heterocycles. The summed E-state index contributed by atoms with van der Waals surface area (Å²) in [6.45, 7) is 4.71. The Morgan fingerprint density at radius 1 is 1.25 bits per heavy atom. The smallest absolute Gasteiger partial charge is 0.419 e. The summed E-state index contributed by atoms with van der Waals surface area (Å²) in [5.74, 6) is -1.83. The van der Waals surface area contributed by atoms with Crippen LogP contribution in [-0.2, 0) is 25.5 Å². The average Bonchev–Trinajstić information content (AvgIpc) is 2.97. The van der Waals surface area contributed by atoms with Gasteiger partial charge in [-0.05, 0) is 32.4 Å². The van der Waals surface area contributed by atoms with Crippen molar-refractivity contribution < 1.29 is 29.0 Å². The molecule has 0 aliphatic heterocycles. The third-order valence-corrected chi connectivity index (χ3v) is 3.81. The Balaban J connectivity index is 2.35. The van der Waals surface area contributed by atoms with Crippen LogP contribution in [0.25, 0.3) is 10.9 Å². The largest absolute Gasteiger partial charge is 0.480 e. The van der Waals surface area contributed by atoms with E-state index in [0.717, 1.165) is 5.39 Å². The molecule has 3 N–H and O–H groups in total. The molecule has 28 heavy (non-hydrogen) atoms. The van der Waals surface area contributed by atoms with Crippen molar-refractivity contribution in [3.05, 3.63) is 36.0 Å². The van der Waals surface area contributed by atoms with Crippen molar-refractivity contribution in [3.63, 3.8) is 0 Å². The number of nitrogens with one attached hydrogen (secondary N) is 2. The third-order valence-electron chi connectivity index (χ3n) is 3.81. The van der Waals surface area contributed by atoms with E-state index in [1.807, 2.05) is 0 Å². The standard InChI is InChI=1S/C19H23N3O6/c1-19(2,3)28-18(27)22-10-12(13-6-4-5-7-15(13)22)8-14(21-11-23)17(26)20-9-16(24)25/h4-7,10-11,14H,8-9H2,1-3H3,(H,20,26)(H,21,23)(H,24,25). The normalized spacial score (nSPS) is 12.2. The Labute approximate surface area is 161 Å². The maximum Gasteiger partial charge on any atom is 0.419 e. The number of rotatable bonds is 7. The SMILES string of the molecule is CC(C)(C)OC(=O)n1cc(CC(NC=O)C(=O)NCC(=O)O)c2ccccc21. The number of fused-ring (bicyclic) bond motifs is 1. The molecule has 0 aliphatic carbocycles. The molecule has 0 bridgehead atoms. The number of ether oxygens (including phenoxy) is 1. The molecule has 1 aromatic carbocycles. The Bertz CT molecular complexity index is 897. The van der Waals surface area contributed by atoms with Crippen LogP contribution in [0.2, 0.25) is 0 Å². The van der Waals surface area contributed by atoms with Crippen LogP contribution in [0.1, 0.15) is 26.3 Å². The lowest BCUT2D eigenvalue weighted by Crippen LogP contribution is -2.46. The summed E-state index contributed by atoms with van der Waals surface area (Å²) in [4.78, 5) is 46.3. The average molecular weight is 389 g/mol. The fourth-order valence-corrected chi connectivity index (χ4v) is 2.69. The highest BCUT2D eigenvalue weighted by atomic mass is 16.6. The first-order valence-corrected chi connectivity index (χ1v) is 8.64. The molecule has 0 aliphatic rings. The summed E-state index contributed by atoms with van der Waals surface area (Å²) in [7, 11) is 0. The van der Waals surface area contributed by atoms with E-state index in [9.17, 15) is 19.2 Å². The van der Waals surface area contributed by atoms with Crippen LogP contribution >= 0.6 is 0 Å². The molecule has 150 valence electrons. The maximum atomic E-state index is 12.5. The summed E-state index contributed by atoms with van der Waals surface area (Å²) in [5.41, 5.74) is 0.551. The zero-order chi connectivity index (χ0) is 20.9. The van der Waals surface area contributed by atoms with Gasteiger partial charge in [0, 0.05) is 18.0 Å². The highest BCUT2D eigenvalue weighted by Crippen LogP contribution is 2.24. The van der Waals surface area contributed by atoms with Gasteiger partial charge in [-0.25, -0.2) is 4.79 Å². The molecular formula is C19H23N3O6. The van der Waals surface area contributed by atoms with Crippen LogP contribution < -0.4 is 10.6 Å². The molecular weight excluding hydrogens is 366 g/mol. The fraction of sp³-hybridized carbons (Fsp3) is 0.368. The van der Waals surface area contributed by atoms with Crippen LogP contribution in [-0.4, -0.2) is 52.2 Å². The zero-order valence-electron chi connectivity index (χ0n) is 15.9. The van der Waals surface area contributed by atoms with E-state index in [-0.39, 0.29) is 6.42 Å². The molecule has 0 saturated heterocycles. The van der Waals surface area contributed by atoms with E-state index in [1.54, 1.807) is 51.2 Å². The second-order valence-electron chi connectivity index (χ2n) is 7.17. The molecule has 1 atom stereocenters. The van der Waals surface area contributed by atoms with Gasteiger partial charge in [0.1, 0.15) is 18.2 Å². The van der Waals surface area contributed by atoms with Gasteiger partial charge in [0.05, 0.1) is 5.52 Å². The van der Waals surface area contributed by atoms with Gasteiger partial charge >= 0.3 is 12.1 Å². The van der Waals surface area contributed by atoms with E-state index in [2.05, 4.69) is 10.6 Å². The van der Waals surface area contributed by atoms with Crippen LogP contribution in [0.5, 0.6) is 0 Å². The third kappa shape index (κ3) is 5.32. The van der Waals surface area contributed by atoms with Crippen molar-refractivity contribution in [1.29, 1.82) is 0 Å². The van der Waals surface area contributed by atoms with E-state index in [1.165, 1.54) is 4.57 Å². The molecule has 2 aromatic rings. The molecule has 0 saturated carbocycles. The van der Waals surface area contributed by atoms with Crippen molar-refractivity contribution >= 4 is 35.3 Å². The predicted octanol–water partition coefficient (Wildman–Crippen LogP) is 1.28. The number of carbonyl (C=O) groups is 4. The molecule has 9 heteroatoms. The summed E-state index contributed by atoms with van der Waals surface area (Å²) in [6.07, 6.45) is 1.44. The number of hydrogen-bond donors (Lipinski definition) is 3. The number of aliphatic carboxylic acids is 1. The highest BCUT2D eigenvalue weighted by Gasteiger charge is 2.24. The van der Waals surface area contributed by atoms with Gasteiger partial charge in [-0.2, -0.15) is 0 Å².